The van der Waals surface area contributed by atoms with Crippen LogP contribution in [0, 0.1) is 5.41 Å². The largest absolute Gasteiger partial charge is 0.443 e. The zero-order valence-electron chi connectivity index (χ0n) is 12.6. The molecule has 1 N–H and O–H groups in total. The summed E-state index contributed by atoms with van der Waals surface area (Å²) in [6.45, 7) is 12.4. The maximum Gasteiger partial charge on any atom is 0.407 e. The molecule has 1 fully saturated rings. The Balaban J connectivity index is 2.41. The lowest BCUT2D eigenvalue weighted by molar-refractivity contribution is -0.0179. The van der Waals surface area contributed by atoms with E-state index in [4.69, 9.17) is 9.47 Å². The van der Waals surface area contributed by atoms with Crippen molar-refractivity contribution in [1.29, 1.82) is 0 Å². The van der Waals surface area contributed by atoms with Crippen LogP contribution in [-0.2, 0) is 9.47 Å². The molecular formula is C15H27NO3. The summed E-state index contributed by atoms with van der Waals surface area (Å²) < 4.78 is 11.1. The lowest BCUT2D eigenvalue weighted by Crippen LogP contribution is -2.43. The van der Waals surface area contributed by atoms with Gasteiger partial charge in [0.15, 0.2) is 0 Å². The predicted octanol–water partition coefficient (Wildman–Crippen LogP) is 3.27. The van der Waals surface area contributed by atoms with E-state index in [1.165, 1.54) is 0 Å². The number of rotatable bonds is 5. The number of alkyl carbamates (subject to hydrolysis) is 1. The Hall–Kier alpha value is -1.03. The Bertz CT molecular complexity index is 309. The third kappa shape index (κ3) is 5.23. The lowest BCUT2D eigenvalue weighted by atomic mass is 9.88. The highest BCUT2D eigenvalue weighted by molar-refractivity contribution is 5.68. The molecule has 4 heteroatoms. The first-order valence-corrected chi connectivity index (χ1v) is 7.04. The third-order valence-corrected chi connectivity index (χ3v) is 3.71. The minimum atomic E-state index is -0.346. The van der Waals surface area contributed by atoms with Gasteiger partial charge in [0.1, 0.15) is 6.10 Å². The molecule has 4 nitrogen and oxygen atoms in total. The molecule has 0 heterocycles. The second-order valence-electron chi connectivity index (χ2n) is 6.27. The standard InChI is InChI=1S/C15H27NO3/c1-6-10-18-12-8-7-9-13(12)19-14(17)16-11(2)15(3,4)5/h6,11-13H,1,7-10H2,2-5H3,(H,16,17)/t11-,12-,13-/m1/s1. The quantitative estimate of drug-likeness (QED) is 0.779. The summed E-state index contributed by atoms with van der Waals surface area (Å²) >= 11 is 0. The molecule has 1 rings (SSSR count). The fraction of sp³-hybridized carbons (Fsp3) is 0.800. The molecule has 0 bridgehead atoms. The molecule has 0 aromatic rings. The maximum absolute atomic E-state index is 11.9. The average molecular weight is 269 g/mol. The molecule has 0 aliphatic heterocycles. The van der Waals surface area contributed by atoms with Crippen LogP contribution in [0.15, 0.2) is 12.7 Å². The first-order chi connectivity index (χ1) is 8.84. The Kier molecular flexibility index (Phi) is 5.85. The van der Waals surface area contributed by atoms with E-state index in [2.05, 4.69) is 32.7 Å². The molecule has 0 saturated heterocycles. The van der Waals surface area contributed by atoms with Gasteiger partial charge in [0.2, 0.25) is 0 Å². The molecule has 0 radical (unpaired) electrons. The molecular weight excluding hydrogens is 242 g/mol. The minimum Gasteiger partial charge on any atom is -0.443 e. The highest BCUT2D eigenvalue weighted by Crippen LogP contribution is 2.25. The van der Waals surface area contributed by atoms with Crippen molar-refractivity contribution in [2.45, 2.75) is 65.2 Å². The van der Waals surface area contributed by atoms with Gasteiger partial charge in [-0.1, -0.05) is 26.8 Å². The Morgan fingerprint density at radius 1 is 1.42 bits per heavy atom. The summed E-state index contributed by atoms with van der Waals surface area (Å²) in [5, 5.41) is 2.89. The van der Waals surface area contributed by atoms with Gasteiger partial charge in [0.25, 0.3) is 0 Å². The lowest BCUT2D eigenvalue weighted by Gasteiger charge is -2.29. The number of carbonyl (C=O) groups excluding carboxylic acids is 1. The van der Waals surface area contributed by atoms with Crippen molar-refractivity contribution in [3.63, 3.8) is 0 Å². The molecule has 0 aromatic carbocycles. The Labute approximate surface area is 116 Å². The number of hydrogen-bond donors (Lipinski definition) is 1. The van der Waals surface area contributed by atoms with Crippen molar-refractivity contribution < 1.29 is 14.3 Å². The molecule has 1 saturated carbocycles. The maximum atomic E-state index is 11.9. The number of amides is 1. The highest BCUT2D eigenvalue weighted by Gasteiger charge is 2.32. The Morgan fingerprint density at radius 3 is 2.63 bits per heavy atom. The second kappa shape index (κ2) is 6.94. The summed E-state index contributed by atoms with van der Waals surface area (Å²) in [5.41, 5.74) is 0.0213. The molecule has 1 aliphatic rings. The smallest absolute Gasteiger partial charge is 0.407 e. The van der Waals surface area contributed by atoms with Crippen molar-refractivity contribution in [3.8, 4) is 0 Å². The van der Waals surface area contributed by atoms with Gasteiger partial charge in [-0.3, -0.25) is 0 Å². The van der Waals surface area contributed by atoms with Crippen molar-refractivity contribution in [2.24, 2.45) is 5.41 Å². The molecule has 19 heavy (non-hydrogen) atoms. The van der Waals surface area contributed by atoms with Gasteiger partial charge in [-0.2, -0.15) is 0 Å². The van der Waals surface area contributed by atoms with Crippen LogP contribution in [-0.4, -0.2) is 30.9 Å². The summed E-state index contributed by atoms with van der Waals surface area (Å²) in [5.74, 6) is 0. The fourth-order valence-corrected chi connectivity index (χ4v) is 1.97. The van der Waals surface area contributed by atoms with E-state index < -0.39 is 0 Å². The summed E-state index contributed by atoms with van der Waals surface area (Å²) in [6, 6.07) is 0.0638. The van der Waals surface area contributed by atoms with Crippen LogP contribution in [0.25, 0.3) is 0 Å². The van der Waals surface area contributed by atoms with Crippen molar-refractivity contribution in [3.05, 3.63) is 12.7 Å². The van der Waals surface area contributed by atoms with E-state index >= 15 is 0 Å². The molecule has 0 spiro atoms. The van der Waals surface area contributed by atoms with Crippen LogP contribution in [0.2, 0.25) is 0 Å². The molecule has 0 unspecified atom stereocenters. The van der Waals surface area contributed by atoms with Crippen molar-refractivity contribution in [2.75, 3.05) is 6.61 Å². The molecule has 3 atom stereocenters. The first-order valence-electron chi connectivity index (χ1n) is 7.04. The first kappa shape index (κ1) is 16.0. The third-order valence-electron chi connectivity index (χ3n) is 3.71. The van der Waals surface area contributed by atoms with Crippen LogP contribution < -0.4 is 5.32 Å². The predicted molar refractivity (Wildman–Crippen MR) is 76.1 cm³/mol. The summed E-state index contributed by atoms with van der Waals surface area (Å²) in [6.07, 6.45) is 4.10. The number of ether oxygens (including phenoxy) is 2. The van der Waals surface area contributed by atoms with E-state index in [1.54, 1.807) is 6.08 Å². The van der Waals surface area contributed by atoms with Gasteiger partial charge in [0.05, 0.1) is 12.7 Å². The van der Waals surface area contributed by atoms with Crippen LogP contribution >= 0.6 is 0 Å². The van der Waals surface area contributed by atoms with Gasteiger partial charge >= 0.3 is 6.09 Å². The van der Waals surface area contributed by atoms with Gasteiger partial charge in [-0.15, -0.1) is 6.58 Å². The minimum absolute atomic E-state index is 0.00805. The number of carbonyl (C=O) groups is 1. The van der Waals surface area contributed by atoms with E-state index in [0.717, 1.165) is 19.3 Å². The van der Waals surface area contributed by atoms with E-state index in [9.17, 15) is 4.79 Å². The van der Waals surface area contributed by atoms with Crippen molar-refractivity contribution in [1.82, 2.24) is 5.32 Å². The fourth-order valence-electron chi connectivity index (χ4n) is 1.97. The zero-order valence-corrected chi connectivity index (χ0v) is 12.6. The average Bonchev–Trinajstić information content (AvgIpc) is 2.72. The van der Waals surface area contributed by atoms with Crippen LogP contribution in [0.4, 0.5) is 4.79 Å². The van der Waals surface area contributed by atoms with Gasteiger partial charge < -0.3 is 14.8 Å². The second-order valence-corrected chi connectivity index (χ2v) is 6.27. The van der Waals surface area contributed by atoms with Crippen LogP contribution in [0.3, 0.4) is 0 Å². The van der Waals surface area contributed by atoms with Gasteiger partial charge in [-0.25, -0.2) is 4.79 Å². The SMILES string of the molecule is C=CCO[C@@H]1CCC[C@H]1OC(=O)N[C@H](C)C(C)(C)C. The molecule has 1 aliphatic carbocycles. The highest BCUT2D eigenvalue weighted by atomic mass is 16.6. The zero-order chi connectivity index (χ0) is 14.5. The monoisotopic (exact) mass is 269 g/mol. The Morgan fingerprint density at radius 2 is 2.05 bits per heavy atom. The van der Waals surface area contributed by atoms with E-state index in [1.807, 2.05) is 6.92 Å². The summed E-state index contributed by atoms with van der Waals surface area (Å²) in [7, 11) is 0. The molecule has 1 amide bonds. The topological polar surface area (TPSA) is 47.6 Å². The van der Waals surface area contributed by atoms with Gasteiger partial charge in [0, 0.05) is 6.04 Å². The normalized spacial score (nSPS) is 24.8. The number of nitrogens with one attached hydrogen (secondary N) is 1. The van der Waals surface area contributed by atoms with Gasteiger partial charge in [-0.05, 0) is 31.6 Å². The molecule has 0 aromatic heterocycles. The van der Waals surface area contributed by atoms with E-state index in [-0.39, 0.29) is 29.8 Å². The molecule has 110 valence electrons. The van der Waals surface area contributed by atoms with Crippen LogP contribution in [0.5, 0.6) is 0 Å². The summed E-state index contributed by atoms with van der Waals surface area (Å²) in [4.78, 5) is 11.9. The van der Waals surface area contributed by atoms with E-state index in [0.29, 0.717) is 6.61 Å². The van der Waals surface area contributed by atoms with Crippen molar-refractivity contribution >= 4 is 6.09 Å². The number of hydrogen-bond acceptors (Lipinski definition) is 3. The van der Waals surface area contributed by atoms with Crippen LogP contribution in [0.1, 0.15) is 47.0 Å².